The van der Waals surface area contributed by atoms with E-state index in [1.807, 2.05) is 27.8 Å². The molecule has 0 aromatic heterocycles. The molecule has 0 aliphatic carbocycles. The van der Waals surface area contributed by atoms with Crippen molar-refractivity contribution in [3.05, 3.63) is 0 Å². The SMILES string of the molecule is CN1CC(N2C(=O)NC3(CCN(C(=O)OC(C)(C)C)CC3)C2=O)C1. The van der Waals surface area contributed by atoms with Gasteiger partial charge in [-0.2, -0.15) is 0 Å². The predicted molar refractivity (Wildman–Crippen MR) is 86.4 cm³/mol. The largest absolute Gasteiger partial charge is 0.444 e. The van der Waals surface area contributed by atoms with Crippen molar-refractivity contribution in [3.8, 4) is 0 Å². The lowest BCUT2D eigenvalue weighted by atomic mass is 9.87. The summed E-state index contributed by atoms with van der Waals surface area (Å²) in [6, 6.07) is -0.338. The topological polar surface area (TPSA) is 82.2 Å². The maximum Gasteiger partial charge on any atom is 0.410 e. The molecule has 1 spiro atoms. The van der Waals surface area contributed by atoms with Gasteiger partial charge in [0.1, 0.15) is 11.1 Å². The first-order chi connectivity index (χ1) is 11.1. The first-order valence-corrected chi connectivity index (χ1v) is 8.44. The van der Waals surface area contributed by atoms with Crippen LogP contribution in [0.2, 0.25) is 0 Å². The van der Waals surface area contributed by atoms with E-state index in [0.717, 1.165) is 13.1 Å². The quantitative estimate of drug-likeness (QED) is 0.709. The van der Waals surface area contributed by atoms with Crippen LogP contribution < -0.4 is 5.32 Å². The van der Waals surface area contributed by atoms with Gasteiger partial charge in [0, 0.05) is 26.2 Å². The summed E-state index contributed by atoms with van der Waals surface area (Å²) in [5, 5.41) is 2.88. The Morgan fingerprint density at radius 2 is 1.79 bits per heavy atom. The van der Waals surface area contributed by atoms with E-state index in [2.05, 4.69) is 10.2 Å². The molecule has 0 bridgehead atoms. The van der Waals surface area contributed by atoms with Crippen LogP contribution in [-0.4, -0.2) is 83.1 Å². The number of likely N-dealkylation sites (tertiary alicyclic amines) is 2. The van der Waals surface area contributed by atoms with Crippen LogP contribution in [0.1, 0.15) is 33.6 Å². The van der Waals surface area contributed by atoms with Crippen molar-refractivity contribution >= 4 is 18.0 Å². The van der Waals surface area contributed by atoms with Crippen LogP contribution in [0.15, 0.2) is 0 Å². The molecular formula is C16H26N4O4. The molecule has 0 aromatic rings. The van der Waals surface area contributed by atoms with E-state index in [9.17, 15) is 14.4 Å². The molecule has 3 aliphatic heterocycles. The first-order valence-electron chi connectivity index (χ1n) is 8.44. The number of piperidine rings is 1. The summed E-state index contributed by atoms with van der Waals surface area (Å²) in [7, 11) is 1.96. The Morgan fingerprint density at radius 3 is 2.29 bits per heavy atom. The average Bonchev–Trinajstić information content (AvgIpc) is 2.66. The molecule has 0 unspecified atom stereocenters. The van der Waals surface area contributed by atoms with Crippen molar-refractivity contribution in [1.29, 1.82) is 0 Å². The summed E-state index contributed by atoms with van der Waals surface area (Å²) in [6.45, 7) is 7.72. The van der Waals surface area contributed by atoms with Gasteiger partial charge in [-0.25, -0.2) is 9.59 Å². The Balaban J connectivity index is 1.62. The molecule has 0 aromatic carbocycles. The number of carbonyl (C=O) groups excluding carboxylic acids is 3. The molecule has 0 radical (unpaired) electrons. The van der Waals surface area contributed by atoms with Gasteiger partial charge in [0.15, 0.2) is 0 Å². The lowest BCUT2D eigenvalue weighted by molar-refractivity contribution is -0.136. The number of amides is 4. The molecule has 8 heteroatoms. The highest BCUT2D eigenvalue weighted by atomic mass is 16.6. The zero-order valence-electron chi connectivity index (χ0n) is 14.8. The minimum Gasteiger partial charge on any atom is -0.444 e. The van der Waals surface area contributed by atoms with Crippen molar-refractivity contribution in [2.24, 2.45) is 0 Å². The van der Waals surface area contributed by atoms with Crippen molar-refractivity contribution in [2.45, 2.75) is 50.8 Å². The third-order valence-corrected chi connectivity index (χ3v) is 4.87. The van der Waals surface area contributed by atoms with E-state index in [0.29, 0.717) is 25.9 Å². The van der Waals surface area contributed by atoms with Gasteiger partial charge in [-0.05, 0) is 40.7 Å². The number of hydrogen-bond donors (Lipinski definition) is 1. The van der Waals surface area contributed by atoms with Gasteiger partial charge in [0.05, 0.1) is 6.04 Å². The van der Waals surface area contributed by atoms with Crippen LogP contribution in [0, 0.1) is 0 Å². The maximum atomic E-state index is 12.8. The Bertz CT molecular complexity index is 557. The summed E-state index contributed by atoms with van der Waals surface area (Å²) in [5.41, 5.74) is -1.40. The van der Waals surface area contributed by atoms with Crippen LogP contribution in [0.4, 0.5) is 9.59 Å². The van der Waals surface area contributed by atoms with Crippen LogP contribution in [-0.2, 0) is 9.53 Å². The van der Waals surface area contributed by atoms with Crippen molar-refractivity contribution in [2.75, 3.05) is 33.2 Å². The maximum absolute atomic E-state index is 12.8. The van der Waals surface area contributed by atoms with Crippen molar-refractivity contribution < 1.29 is 19.1 Å². The Labute approximate surface area is 142 Å². The van der Waals surface area contributed by atoms with E-state index < -0.39 is 11.1 Å². The van der Waals surface area contributed by atoms with Gasteiger partial charge in [-0.3, -0.25) is 9.69 Å². The minimum atomic E-state index is -0.857. The standard InChI is InChI=1S/C16H26N4O4/c1-15(2,3)24-14(23)19-7-5-16(6-8-19)12(21)20(13(22)17-16)11-9-18(4)10-11/h11H,5-10H2,1-4H3,(H,17,22). The highest BCUT2D eigenvalue weighted by Gasteiger charge is 2.55. The second-order valence-corrected chi connectivity index (χ2v) is 8.03. The molecule has 3 aliphatic rings. The number of hydrogen-bond acceptors (Lipinski definition) is 5. The normalized spacial score (nSPS) is 25.0. The molecule has 3 fully saturated rings. The fourth-order valence-electron chi connectivity index (χ4n) is 3.54. The highest BCUT2D eigenvalue weighted by Crippen LogP contribution is 2.32. The average molecular weight is 338 g/mol. The summed E-state index contributed by atoms with van der Waals surface area (Å²) in [4.78, 5) is 42.3. The molecule has 3 heterocycles. The molecule has 0 saturated carbocycles. The number of rotatable bonds is 1. The monoisotopic (exact) mass is 338 g/mol. The van der Waals surface area contributed by atoms with Gasteiger partial charge in [0.25, 0.3) is 5.91 Å². The number of imide groups is 1. The Kier molecular flexibility index (Phi) is 3.98. The van der Waals surface area contributed by atoms with Crippen molar-refractivity contribution in [3.63, 3.8) is 0 Å². The fraction of sp³-hybridized carbons (Fsp3) is 0.812. The van der Waals surface area contributed by atoms with Gasteiger partial charge in [-0.1, -0.05) is 0 Å². The third-order valence-electron chi connectivity index (χ3n) is 4.87. The predicted octanol–water partition coefficient (Wildman–Crippen LogP) is 0.622. The van der Waals surface area contributed by atoms with E-state index in [1.165, 1.54) is 4.90 Å². The third kappa shape index (κ3) is 2.94. The van der Waals surface area contributed by atoms with E-state index in [1.54, 1.807) is 4.90 Å². The van der Waals surface area contributed by atoms with Gasteiger partial charge < -0.3 is 19.9 Å². The van der Waals surface area contributed by atoms with Crippen LogP contribution in [0.25, 0.3) is 0 Å². The number of likely N-dealkylation sites (N-methyl/N-ethyl adjacent to an activating group) is 1. The summed E-state index contributed by atoms with van der Waals surface area (Å²) < 4.78 is 5.37. The number of nitrogens with one attached hydrogen (secondary N) is 1. The number of ether oxygens (including phenoxy) is 1. The zero-order chi connectivity index (χ0) is 17.7. The highest BCUT2D eigenvalue weighted by molar-refractivity contribution is 6.07. The molecule has 1 N–H and O–H groups in total. The number of carbonyl (C=O) groups is 3. The zero-order valence-corrected chi connectivity index (χ0v) is 14.8. The molecule has 4 amide bonds. The number of nitrogens with zero attached hydrogens (tertiary/aromatic N) is 3. The second kappa shape index (κ2) is 5.61. The summed E-state index contributed by atoms with van der Waals surface area (Å²) >= 11 is 0. The fourth-order valence-corrected chi connectivity index (χ4v) is 3.54. The molecule has 3 saturated heterocycles. The van der Waals surface area contributed by atoms with Crippen LogP contribution in [0.3, 0.4) is 0 Å². The number of urea groups is 1. The Morgan fingerprint density at radius 1 is 1.21 bits per heavy atom. The van der Waals surface area contributed by atoms with Gasteiger partial charge in [-0.15, -0.1) is 0 Å². The molecular weight excluding hydrogens is 312 g/mol. The Hall–Kier alpha value is -1.83. The smallest absolute Gasteiger partial charge is 0.410 e. The molecule has 24 heavy (non-hydrogen) atoms. The molecule has 8 nitrogen and oxygen atoms in total. The summed E-state index contributed by atoms with van der Waals surface area (Å²) in [5.74, 6) is -0.144. The van der Waals surface area contributed by atoms with E-state index in [4.69, 9.17) is 4.74 Å². The molecule has 134 valence electrons. The van der Waals surface area contributed by atoms with E-state index in [-0.39, 0.29) is 24.1 Å². The molecule has 3 rings (SSSR count). The minimum absolute atomic E-state index is 0.0363. The van der Waals surface area contributed by atoms with Gasteiger partial charge >= 0.3 is 12.1 Å². The lowest BCUT2D eigenvalue weighted by Gasteiger charge is -2.41. The summed E-state index contributed by atoms with van der Waals surface area (Å²) in [6.07, 6.45) is 0.484. The second-order valence-electron chi connectivity index (χ2n) is 8.03. The van der Waals surface area contributed by atoms with Crippen LogP contribution in [0.5, 0.6) is 0 Å². The lowest BCUT2D eigenvalue weighted by Crippen LogP contribution is -2.61. The first kappa shape index (κ1) is 17.0. The van der Waals surface area contributed by atoms with Gasteiger partial charge in [0.2, 0.25) is 0 Å². The molecule has 0 atom stereocenters. The van der Waals surface area contributed by atoms with Crippen molar-refractivity contribution in [1.82, 2.24) is 20.0 Å². The van der Waals surface area contributed by atoms with Crippen LogP contribution >= 0.6 is 0 Å². The van der Waals surface area contributed by atoms with E-state index >= 15 is 0 Å².